The lowest BCUT2D eigenvalue weighted by Crippen LogP contribution is -2.39. The normalized spacial score (nSPS) is 24.6. The molecule has 0 bridgehead atoms. The fraction of sp³-hybridized carbons (Fsp3) is 0.316. The molecule has 1 fully saturated rings. The van der Waals surface area contributed by atoms with E-state index in [0.717, 1.165) is 5.56 Å². The molecule has 2 aromatic rings. The van der Waals surface area contributed by atoms with Crippen molar-refractivity contribution >= 4 is 18.4 Å². The lowest BCUT2D eigenvalue weighted by molar-refractivity contribution is -0.143. The van der Waals surface area contributed by atoms with Crippen LogP contribution >= 0.6 is 12.4 Å². The van der Waals surface area contributed by atoms with Crippen molar-refractivity contribution in [1.29, 1.82) is 0 Å². The number of nitrogens with one attached hydrogen (secondary N) is 1. The quantitative estimate of drug-likeness (QED) is 0.858. The van der Waals surface area contributed by atoms with E-state index < -0.39 is 0 Å². The van der Waals surface area contributed by atoms with Crippen LogP contribution in [-0.2, 0) is 9.53 Å². The molecule has 0 amide bonds. The van der Waals surface area contributed by atoms with Gasteiger partial charge in [-0.05, 0) is 18.1 Å². The Bertz CT molecular complexity index is 632. The van der Waals surface area contributed by atoms with E-state index in [4.69, 9.17) is 4.74 Å². The van der Waals surface area contributed by atoms with Crippen LogP contribution in [0.1, 0.15) is 37.1 Å². The van der Waals surface area contributed by atoms with Gasteiger partial charge in [-0.2, -0.15) is 0 Å². The Kier molecular flexibility index (Phi) is 5.80. The maximum absolute atomic E-state index is 12.3. The van der Waals surface area contributed by atoms with Gasteiger partial charge in [-0.15, -0.1) is 12.4 Å². The number of halogens is 1. The largest absolute Gasteiger partial charge is 0.456 e. The SMILES string of the molecule is C[C@@H]1[C@H](N[C@@H](C)c2ccccc2)C(=O)O[C@@H]1c1ccccc1.Cl. The number of carbonyl (C=O) groups is 1. The van der Waals surface area contributed by atoms with Crippen molar-refractivity contribution in [3.05, 3.63) is 71.8 Å². The molecule has 3 nitrogen and oxygen atoms in total. The van der Waals surface area contributed by atoms with Crippen LogP contribution in [0.3, 0.4) is 0 Å². The molecule has 0 aromatic heterocycles. The van der Waals surface area contributed by atoms with Gasteiger partial charge >= 0.3 is 5.97 Å². The highest BCUT2D eigenvalue weighted by molar-refractivity contribution is 5.85. The molecular weight excluding hydrogens is 310 g/mol. The smallest absolute Gasteiger partial charge is 0.324 e. The van der Waals surface area contributed by atoms with Crippen molar-refractivity contribution in [2.75, 3.05) is 0 Å². The average molecular weight is 332 g/mol. The standard InChI is InChI=1S/C19H21NO2.ClH/c1-13-17(20-14(2)15-9-5-3-6-10-15)19(21)22-18(13)16-11-7-4-8-12-16;/h3-14,17-18,20H,1-2H3;1H/t13-,14+,17+,18+;/m1./s1. The number of esters is 1. The van der Waals surface area contributed by atoms with Gasteiger partial charge in [-0.25, -0.2) is 0 Å². The van der Waals surface area contributed by atoms with Gasteiger partial charge in [0, 0.05) is 12.0 Å². The molecule has 0 unspecified atom stereocenters. The van der Waals surface area contributed by atoms with Crippen LogP contribution < -0.4 is 5.32 Å². The maximum atomic E-state index is 12.3. The minimum Gasteiger partial charge on any atom is -0.456 e. The molecule has 0 radical (unpaired) electrons. The van der Waals surface area contributed by atoms with Crippen LogP contribution in [0.15, 0.2) is 60.7 Å². The van der Waals surface area contributed by atoms with E-state index in [1.807, 2.05) is 48.5 Å². The predicted molar refractivity (Wildman–Crippen MR) is 93.5 cm³/mol. The summed E-state index contributed by atoms with van der Waals surface area (Å²) in [5, 5.41) is 3.42. The lowest BCUT2D eigenvalue weighted by Gasteiger charge is -2.21. The molecule has 0 spiro atoms. The van der Waals surface area contributed by atoms with Crippen LogP contribution in [0.2, 0.25) is 0 Å². The zero-order valence-corrected chi connectivity index (χ0v) is 14.1. The van der Waals surface area contributed by atoms with Crippen LogP contribution in [0.25, 0.3) is 0 Å². The van der Waals surface area contributed by atoms with Gasteiger partial charge in [0.1, 0.15) is 12.1 Å². The van der Waals surface area contributed by atoms with Crippen molar-refractivity contribution in [3.63, 3.8) is 0 Å². The molecule has 1 saturated heterocycles. The van der Waals surface area contributed by atoms with E-state index in [0.29, 0.717) is 0 Å². The Morgan fingerprint density at radius 2 is 1.57 bits per heavy atom. The Labute approximate surface area is 143 Å². The molecule has 1 heterocycles. The van der Waals surface area contributed by atoms with Crippen LogP contribution in [0.4, 0.5) is 0 Å². The summed E-state index contributed by atoms with van der Waals surface area (Å²) in [6.45, 7) is 4.14. The molecule has 4 atom stereocenters. The molecule has 1 N–H and O–H groups in total. The molecule has 3 rings (SSSR count). The van der Waals surface area contributed by atoms with Gasteiger partial charge in [-0.3, -0.25) is 10.1 Å². The topological polar surface area (TPSA) is 38.3 Å². The van der Waals surface area contributed by atoms with Crippen molar-refractivity contribution in [1.82, 2.24) is 5.32 Å². The molecule has 0 aliphatic carbocycles. The first-order valence-corrected chi connectivity index (χ1v) is 7.73. The van der Waals surface area contributed by atoms with E-state index in [9.17, 15) is 4.79 Å². The first-order valence-electron chi connectivity index (χ1n) is 7.73. The number of benzene rings is 2. The van der Waals surface area contributed by atoms with Gasteiger partial charge in [0.25, 0.3) is 0 Å². The molecule has 4 heteroatoms. The summed E-state index contributed by atoms with van der Waals surface area (Å²) in [6.07, 6.45) is -0.172. The summed E-state index contributed by atoms with van der Waals surface area (Å²) in [6, 6.07) is 19.9. The summed E-state index contributed by atoms with van der Waals surface area (Å²) < 4.78 is 5.61. The molecule has 2 aromatic carbocycles. The van der Waals surface area contributed by atoms with Crippen LogP contribution in [-0.4, -0.2) is 12.0 Å². The number of carbonyl (C=O) groups excluding carboxylic acids is 1. The minimum absolute atomic E-state index is 0. The second kappa shape index (κ2) is 7.62. The summed E-state index contributed by atoms with van der Waals surface area (Å²) in [5.41, 5.74) is 2.23. The Hall–Kier alpha value is -1.84. The molecular formula is C19H22ClNO2. The Balaban J connectivity index is 0.00000192. The van der Waals surface area contributed by atoms with Crippen molar-refractivity contribution in [2.45, 2.75) is 32.0 Å². The van der Waals surface area contributed by atoms with E-state index in [1.165, 1.54) is 5.56 Å². The number of cyclic esters (lactones) is 1. The van der Waals surface area contributed by atoms with Crippen molar-refractivity contribution < 1.29 is 9.53 Å². The van der Waals surface area contributed by atoms with Gasteiger partial charge in [0.15, 0.2) is 0 Å². The van der Waals surface area contributed by atoms with Gasteiger partial charge in [0.2, 0.25) is 0 Å². The molecule has 23 heavy (non-hydrogen) atoms. The maximum Gasteiger partial charge on any atom is 0.324 e. The summed E-state index contributed by atoms with van der Waals surface area (Å²) in [4.78, 5) is 12.3. The third-order valence-corrected chi connectivity index (χ3v) is 4.36. The van der Waals surface area contributed by atoms with Crippen molar-refractivity contribution in [3.8, 4) is 0 Å². The fourth-order valence-electron chi connectivity index (χ4n) is 3.04. The highest BCUT2D eigenvalue weighted by Gasteiger charge is 2.42. The minimum atomic E-state index is -0.277. The molecule has 0 saturated carbocycles. The number of hydrogen-bond acceptors (Lipinski definition) is 3. The molecule has 1 aliphatic rings. The first kappa shape index (κ1) is 17.5. The van der Waals surface area contributed by atoms with E-state index >= 15 is 0 Å². The lowest BCUT2D eigenvalue weighted by atomic mass is 9.93. The monoisotopic (exact) mass is 331 g/mol. The zero-order valence-electron chi connectivity index (χ0n) is 13.3. The highest BCUT2D eigenvalue weighted by Crippen LogP contribution is 2.36. The van der Waals surface area contributed by atoms with Crippen LogP contribution in [0.5, 0.6) is 0 Å². The van der Waals surface area contributed by atoms with E-state index in [2.05, 4.69) is 31.3 Å². The van der Waals surface area contributed by atoms with Gasteiger partial charge in [0.05, 0.1) is 0 Å². The Morgan fingerprint density at radius 1 is 1.00 bits per heavy atom. The van der Waals surface area contributed by atoms with Gasteiger partial charge < -0.3 is 4.74 Å². The zero-order chi connectivity index (χ0) is 15.5. The fourth-order valence-corrected chi connectivity index (χ4v) is 3.04. The predicted octanol–water partition coefficient (Wildman–Crippen LogP) is 4.06. The molecule has 1 aliphatic heterocycles. The summed E-state index contributed by atoms with van der Waals surface area (Å²) in [5.74, 6) is -0.0646. The summed E-state index contributed by atoms with van der Waals surface area (Å²) in [7, 11) is 0. The van der Waals surface area contributed by atoms with E-state index in [-0.39, 0.29) is 42.5 Å². The third-order valence-electron chi connectivity index (χ3n) is 4.36. The Morgan fingerprint density at radius 3 is 2.17 bits per heavy atom. The molecule has 122 valence electrons. The van der Waals surface area contributed by atoms with E-state index in [1.54, 1.807) is 0 Å². The average Bonchev–Trinajstić information content (AvgIpc) is 2.84. The third kappa shape index (κ3) is 3.74. The first-order chi connectivity index (χ1) is 10.7. The van der Waals surface area contributed by atoms with Crippen LogP contribution in [0, 0.1) is 5.92 Å². The number of hydrogen-bond donors (Lipinski definition) is 1. The summed E-state index contributed by atoms with van der Waals surface area (Å²) >= 11 is 0. The second-order valence-corrected chi connectivity index (χ2v) is 5.90. The second-order valence-electron chi connectivity index (χ2n) is 5.90. The van der Waals surface area contributed by atoms with Crippen molar-refractivity contribution in [2.24, 2.45) is 5.92 Å². The highest BCUT2D eigenvalue weighted by atomic mass is 35.5. The number of ether oxygens (including phenoxy) is 1. The van der Waals surface area contributed by atoms with Gasteiger partial charge in [-0.1, -0.05) is 67.6 Å². The number of rotatable bonds is 4.